The topological polar surface area (TPSA) is 0 Å². The highest BCUT2D eigenvalue weighted by molar-refractivity contribution is 5.83. The maximum Gasteiger partial charge on any atom is -0.00616 e. The van der Waals surface area contributed by atoms with Crippen molar-refractivity contribution in [2.75, 3.05) is 0 Å². The smallest absolute Gasteiger partial charge is 0.00616 e. The average Bonchev–Trinajstić information content (AvgIpc) is 1.52. The fraction of sp³-hybridized carbons (Fsp3) is 0.509. The lowest BCUT2D eigenvalue weighted by atomic mass is 9.78. The van der Waals surface area contributed by atoms with Crippen LogP contribution in [-0.2, 0) is 64.2 Å². The average molecular weight is 1430 g/mol. The summed E-state index contributed by atoms with van der Waals surface area (Å²) in [5.41, 5.74) is 24.7. The molecule has 2 unspecified atom stereocenters. The normalized spacial score (nSPS) is 15.1. The third-order valence-electron chi connectivity index (χ3n) is 21.1. The molecule has 6 aliphatic rings. The molecule has 584 valence electrons. The van der Waals surface area contributed by atoms with Gasteiger partial charge in [0, 0.05) is 0 Å². The highest BCUT2D eigenvalue weighted by Gasteiger charge is 2.24. The third kappa shape index (κ3) is 34.2. The van der Waals surface area contributed by atoms with Crippen molar-refractivity contribution in [3.8, 4) is 0 Å². The molecule has 8 aromatic rings. The maximum atomic E-state index is 2.40. The van der Waals surface area contributed by atoms with Crippen LogP contribution in [0.2, 0.25) is 0 Å². The molecule has 6 aliphatic carbocycles. The number of aryl methyl sites for hydroxylation is 4. The maximum absolute atomic E-state index is 2.40. The minimum atomic E-state index is 0.615. The van der Waals surface area contributed by atoms with E-state index >= 15 is 0 Å². The lowest BCUT2D eigenvalue weighted by Gasteiger charge is -2.27. The number of fused-ring (bicyclic) bond motifs is 7. The van der Waals surface area contributed by atoms with E-state index < -0.39 is 0 Å². The van der Waals surface area contributed by atoms with E-state index in [1.54, 1.807) is 50.1 Å². The zero-order valence-corrected chi connectivity index (χ0v) is 73.7. The van der Waals surface area contributed by atoms with Crippen molar-refractivity contribution in [3.05, 3.63) is 283 Å². The summed E-state index contributed by atoms with van der Waals surface area (Å²) in [6, 6.07) is 68.2. The van der Waals surface area contributed by atoms with Crippen molar-refractivity contribution < 1.29 is 0 Å². The molecule has 0 spiro atoms. The number of hydrogen-bond donors (Lipinski definition) is 0. The second-order valence-corrected chi connectivity index (χ2v) is 29.9. The van der Waals surface area contributed by atoms with Crippen molar-refractivity contribution >= 4 is 22.9 Å². The Hall–Kier alpha value is -6.76. The van der Waals surface area contributed by atoms with Gasteiger partial charge in [0.05, 0.1) is 0 Å². The van der Waals surface area contributed by atoms with E-state index in [4.69, 9.17) is 0 Å². The first kappa shape index (κ1) is 97.3. The van der Waals surface area contributed by atoms with E-state index in [-0.39, 0.29) is 0 Å². The van der Waals surface area contributed by atoms with E-state index in [1.807, 2.05) is 96.9 Å². The summed E-state index contributed by atoms with van der Waals surface area (Å²) in [7, 11) is 0. The Balaban J connectivity index is 0.000000601. The van der Waals surface area contributed by atoms with Crippen LogP contribution in [0.25, 0.3) is 22.9 Å². The first-order valence-electron chi connectivity index (χ1n) is 43.4. The SMILES string of the molecule is CC.CC.CC.CC.CC.CC.CC.CC(C)C1=CCc2ccccc2C1.CC(C)C1=Cc2ccccc2CC1.CC(C)C1=Cc2ccccc2CCC1.CC(C)C1CCCc2ccccc2C1.CC(C)C1CCc2ccccc2C1.CC(C)C1Cc2ccccc2C1.CC(C)c1ccc2ccccc2c1. The standard InChI is InChI=1S/C14H20.C14H18.C13H18.2C13H16.C13H14.C12H16.7C2H6/c2*1-11(2)13-9-5-8-12-6-3-4-7-14(12)10-13;4*1-10(2)12-8-7-11-5-3-4-6-13(11)9-12;1-9(2)12-7-10-5-3-4-6-11(10)8-12;7*1-2/h3-4,6-7,11,13H,5,8-10H2,1-2H3;3-4,6-7,10-11H,5,8-9H2,1-2H3;3-6,10,12H,7-9H2,1-2H3;3-6,9-10H,7-8H2,1-2H3;3-6,8,10H,7,9H2,1-2H3;3-10H,1-2H3;3-6,9,12H,7-8H2,1-2H3;7*1-2H3. The van der Waals surface area contributed by atoms with Crippen LogP contribution >= 0.6 is 0 Å². The first-order valence-corrected chi connectivity index (χ1v) is 43.4. The van der Waals surface area contributed by atoms with Crippen LogP contribution in [-0.4, -0.2) is 0 Å². The fourth-order valence-electron chi connectivity index (χ4n) is 14.4. The Morgan fingerprint density at radius 3 is 1.06 bits per heavy atom. The van der Waals surface area contributed by atoms with Crippen LogP contribution in [0.15, 0.2) is 211 Å². The van der Waals surface area contributed by atoms with E-state index in [0.29, 0.717) is 23.7 Å². The first-order chi connectivity index (χ1) is 51.4. The second-order valence-electron chi connectivity index (χ2n) is 29.9. The van der Waals surface area contributed by atoms with Crippen LogP contribution in [0.5, 0.6) is 0 Å². The molecule has 0 heterocycles. The molecule has 0 aromatic heterocycles. The molecule has 0 saturated heterocycles. The highest BCUT2D eigenvalue weighted by atomic mass is 14.3. The molecule has 2 atom stereocenters. The van der Waals surface area contributed by atoms with Gasteiger partial charge in [0.15, 0.2) is 0 Å². The Morgan fingerprint density at radius 1 is 0.255 bits per heavy atom. The number of benzene rings is 8. The lowest BCUT2D eigenvalue weighted by Crippen LogP contribution is -2.18. The van der Waals surface area contributed by atoms with Crippen LogP contribution < -0.4 is 0 Å². The van der Waals surface area contributed by atoms with Crippen LogP contribution in [0.1, 0.15) is 311 Å². The van der Waals surface area contributed by atoms with Gasteiger partial charge in [-0.05, 0) is 245 Å². The quantitative estimate of drug-likeness (QED) is 0.110. The lowest BCUT2D eigenvalue weighted by molar-refractivity contribution is 0.343. The Kier molecular flexibility index (Phi) is 52.6. The summed E-state index contributed by atoms with van der Waals surface area (Å²) in [6.07, 6.45) is 27.7. The van der Waals surface area contributed by atoms with Gasteiger partial charge in [-0.3, -0.25) is 0 Å². The van der Waals surface area contributed by atoms with Crippen molar-refractivity contribution in [2.24, 2.45) is 53.3 Å². The van der Waals surface area contributed by atoms with Crippen molar-refractivity contribution in [3.63, 3.8) is 0 Å². The molecule has 106 heavy (non-hydrogen) atoms. The molecule has 0 heteroatoms. The van der Waals surface area contributed by atoms with E-state index in [0.717, 1.165) is 48.3 Å². The fourth-order valence-corrected chi connectivity index (χ4v) is 14.4. The van der Waals surface area contributed by atoms with Crippen molar-refractivity contribution in [2.45, 2.75) is 303 Å². The van der Waals surface area contributed by atoms with Crippen LogP contribution in [0.4, 0.5) is 0 Å². The van der Waals surface area contributed by atoms with E-state index in [2.05, 4.69) is 303 Å². The molecule has 0 fully saturated rings. The summed E-state index contributed by atoms with van der Waals surface area (Å²) >= 11 is 0. The predicted molar refractivity (Wildman–Crippen MR) is 484 cm³/mol. The molecule has 0 nitrogen and oxygen atoms in total. The molecule has 14 rings (SSSR count). The van der Waals surface area contributed by atoms with Gasteiger partial charge in [-0.25, -0.2) is 0 Å². The van der Waals surface area contributed by atoms with Crippen LogP contribution in [0.3, 0.4) is 0 Å². The molecule has 0 bridgehead atoms. The summed E-state index contributed by atoms with van der Waals surface area (Å²) in [4.78, 5) is 0. The molecule has 8 aromatic carbocycles. The zero-order valence-electron chi connectivity index (χ0n) is 73.7. The van der Waals surface area contributed by atoms with Crippen LogP contribution in [0, 0.1) is 53.3 Å². The van der Waals surface area contributed by atoms with Gasteiger partial charge >= 0.3 is 0 Å². The van der Waals surface area contributed by atoms with Crippen molar-refractivity contribution in [1.82, 2.24) is 0 Å². The van der Waals surface area contributed by atoms with Gasteiger partial charge in [-0.15, -0.1) is 0 Å². The van der Waals surface area contributed by atoms with Crippen molar-refractivity contribution in [1.29, 1.82) is 0 Å². The van der Waals surface area contributed by atoms with Gasteiger partial charge in [0.25, 0.3) is 0 Å². The van der Waals surface area contributed by atoms with Gasteiger partial charge in [0.1, 0.15) is 0 Å². The predicted octanol–water partition coefficient (Wildman–Crippen LogP) is 32.6. The largest absolute Gasteiger partial charge is 0.0803 e. The molecule has 0 radical (unpaired) electrons. The highest BCUT2D eigenvalue weighted by Crippen LogP contribution is 2.34. The zero-order chi connectivity index (χ0) is 79.5. The molecule has 0 N–H and O–H groups in total. The Bertz CT molecular complexity index is 3590. The van der Waals surface area contributed by atoms with E-state index in [1.165, 1.54) is 140 Å². The summed E-state index contributed by atoms with van der Waals surface area (Å²) in [5, 5.41) is 2.67. The molecule has 0 amide bonds. The molecule has 0 aliphatic heterocycles. The number of allylic oxidation sites excluding steroid dienone is 4. The summed E-state index contributed by atoms with van der Waals surface area (Å²) in [6.45, 7) is 60.2. The summed E-state index contributed by atoms with van der Waals surface area (Å²) < 4.78 is 0. The number of rotatable bonds is 7. The Labute approximate surface area is 657 Å². The minimum absolute atomic E-state index is 0.615. The second kappa shape index (κ2) is 57.4. The Morgan fingerprint density at radius 2 is 0.604 bits per heavy atom. The van der Waals surface area contributed by atoms with Gasteiger partial charge < -0.3 is 0 Å². The molecule has 0 saturated carbocycles. The monoisotopic (exact) mass is 1430 g/mol. The van der Waals surface area contributed by atoms with E-state index in [9.17, 15) is 0 Å². The molecular formula is C106H160. The third-order valence-corrected chi connectivity index (χ3v) is 21.1. The molecular weight excluding hydrogens is 1270 g/mol. The number of hydrogen-bond acceptors (Lipinski definition) is 0. The van der Waals surface area contributed by atoms with Gasteiger partial charge in [-0.2, -0.15) is 0 Å². The summed E-state index contributed by atoms with van der Waals surface area (Å²) in [5.74, 6) is 7.93. The minimum Gasteiger partial charge on any atom is -0.0803 e. The van der Waals surface area contributed by atoms with Gasteiger partial charge in [-0.1, -0.05) is 417 Å². The van der Waals surface area contributed by atoms with Gasteiger partial charge in [0.2, 0.25) is 0 Å².